The third kappa shape index (κ3) is 2.85. The fraction of sp³-hybridized carbons (Fsp3) is 0.421. The van der Waals surface area contributed by atoms with Crippen LogP contribution in [0, 0.1) is 0 Å². The summed E-state index contributed by atoms with van der Waals surface area (Å²) >= 11 is 0. The molecule has 0 amide bonds. The smallest absolute Gasteiger partial charge is 0.128 e. The molecule has 1 aromatic heterocycles. The van der Waals surface area contributed by atoms with E-state index in [0.717, 1.165) is 49.7 Å². The zero-order valence-electron chi connectivity index (χ0n) is 13.8. The van der Waals surface area contributed by atoms with Crippen molar-refractivity contribution in [3.05, 3.63) is 53.7 Å². The average Bonchev–Trinajstić information content (AvgIpc) is 2.63. The van der Waals surface area contributed by atoms with Crippen LogP contribution in [0.5, 0.6) is 0 Å². The van der Waals surface area contributed by atoms with Crippen LogP contribution < -0.4 is 10.6 Å². The fourth-order valence-electron chi connectivity index (χ4n) is 4.00. The van der Waals surface area contributed by atoms with Gasteiger partial charge in [0, 0.05) is 50.5 Å². The van der Waals surface area contributed by atoms with Crippen molar-refractivity contribution in [1.29, 1.82) is 0 Å². The van der Waals surface area contributed by atoms with Crippen LogP contribution in [0.1, 0.15) is 11.1 Å². The molecule has 24 heavy (non-hydrogen) atoms. The quantitative estimate of drug-likeness (QED) is 0.816. The standard InChI is InChI=1S/C19H24N4O/c20-16-5-3-4-14-12-17(18(24)13-15(14)16)22-8-10-23(11-9-22)19-6-1-2-7-21-19/h1-7,17-18,24H,8-13,20H2/t17-,18-/m1/s1. The van der Waals surface area contributed by atoms with Crippen LogP contribution in [0.15, 0.2) is 42.6 Å². The molecule has 2 heterocycles. The molecule has 1 aliphatic carbocycles. The maximum absolute atomic E-state index is 10.7. The van der Waals surface area contributed by atoms with Gasteiger partial charge >= 0.3 is 0 Å². The molecule has 1 fully saturated rings. The van der Waals surface area contributed by atoms with Crippen LogP contribution in [0.2, 0.25) is 0 Å². The molecule has 4 rings (SSSR count). The number of hydrogen-bond acceptors (Lipinski definition) is 5. The van der Waals surface area contributed by atoms with Crippen molar-refractivity contribution < 1.29 is 5.11 Å². The second-order valence-electron chi connectivity index (χ2n) is 6.74. The number of nitrogens with two attached hydrogens (primary N) is 1. The lowest BCUT2D eigenvalue weighted by Gasteiger charge is -2.43. The lowest BCUT2D eigenvalue weighted by Crippen LogP contribution is -2.56. The summed E-state index contributed by atoms with van der Waals surface area (Å²) in [7, 11) is 0. The summed E-state index contributed by atoms with van der Waals surface area (Å²) in [5, 5.41) is 10.7. The van der Waals surface area contributed by atoms with Gasteiger partial charge in [0.05, 0.1) is 6.10 Å². The molecule has 0 radical (unpaired) electrons. The third-order valence-electron chi connectivity index (χ3n) is 5.35. The number of aromatic nitrogens is 1. The molecule has 1 aromatic carbocycles. The first-order valence-corrected chi connectivity index (χ1v) is 8.67. The Morgan fingerprint density at radius 1 is 1.00 bits per heavy atom. The number of nitrogen functional groups attached to an aromatic ring is 1. The molecule has 0 bridgehead atoms. The van der Waals surface area contributed by atoms with E-state index in [0.29, 0.717) is 6.42 Å². The normalized spacial score (nSPS) is 24.6. The van der Waals surface area contributed by atoms with Crippen molar-refractivity contribution in [3.63, 3.8) is 0 Å². The number of rotatable bonds is 2. The number of piperazine rings is 1. The molecule has 5 nitrogen and oxygen atoms in total. The van der Waals surface area contributed by atoms with E-state index >= 15 is 0 Å². The molecular formula is C19H24N4O. The highest BCUT2D eigenvalue weighted by Crippen LogP contribution is 2.29. The zero-order valence-corrected chi connectivity index (χ0v) is 13.8. The number of benzene rings is 1. The molecule has 1 saturated heterocycles. The Labute approximate surface area is 142 Å². The maximum atomic E-state index is 10.7. The molecule has 1 aliphatic heterocycles. The van der Waals surface area contributed by atoms with Gasteiger partial charge in [0.1, 0.15) is 5.82 Å². The molecule has 0 saturated carbocycles. The van der Waals surface area contributed by atoms with Gasteiger partial charge in [0.25, 0.3) is 0 Å². The van der Waals surface area contributed by atoms with Gasteiger partial charge in [-0.05, 0) is 35.7 Å². The van der Waals surface area contributed by atoms with Gasteiger partial charge in [-0.1, -0.05) is 18.2 Å². The van der Waals surface area contributed by atoms with Gasteiger partial charge in [-0.2, -0.15) is 0 Å². The summed E-state index contributed by atoms with van der Waals surface area (Å²) in [6, 6.07) is 12.3. The Kier molecular flexibility index (Phi) is 4.12. The zero-order chi connectivity index (χ0) is 16.5. The number of hydrogen-bond donors (Lipinski definition) is 2. The number of nitrogens with zero attached hydrogens (tertiary/aromatic N) is 3. The minimum absolute atomic E-state index is 0.185. The molecule has 2 atom stereocenters. The number of aliphatic hydroxyl groups excluding tert-OH is 1. The minimum atomic E-state index is -0.344. The number of pyridine rings is 1. The van der Waals surface area contributed by atoms with E-state index < -0.39 is 0 Å². The highest BCUT2D eigenvalue weighted by Gasteiger charge is 2.34. The molecule has 2 aliphatic rings. The average molecular weight is 324 g/mol. The van der Waals surface area contributed by atoms with E-state index in [1.54, 1.807) is 0 Å². The third-order valence-corrected chi connectivity index (χ3v) is 5.35. The van der Waals surface area contributed by atoms with Crippen molar-refractivity contribution in [3.8, 4) is 0 Å². The van der Waals surface area contributed by atoms with Crippen LogP contribution in [0.3, 0.4) is 0 Å². The number of aliphatic hydroxyl groups is 1. The molecule has 126 valence electrons. The summed E-state index contributed by atoms with van der Waals surface area (Å²) in [6.45, 7) is 3.81. The van der Waals surface area contributed by atoms with Crippen LogP contribution >= 0.6 is 0 Å². The highest BCUT2D eigenvalue weighted by molar-refractivity contribution is 5.52. The van der Waals surface area contributed by atoms with Crippen molar-refractivity contribution >= 4 is 11.5 Å². The summed E-state index contributed by atoms with van der Waals surface area (Å²) < 4.78 is 0. The van der Waals surface area contributed by atoms with Gasteiger partial charge in [0.2, 0.25) is 0 Å². The van der Waals surface area contributed by atoms with Gasteiger partial charge in [-0.25, -0.2) is 4.98 Å². The van der Waals surface area contributed by atoms with Gasteiger partial charge < -0.3 is 15.7 Å². The summed E-state index contributed by atoms with van der Waals surface area (Å²) in [6.07, 6.45) is 3.04. The van der Waals surface area contributed by atoms with E-state index in [1.807, 2.05) is 30.5 Å². The lowest BCUT2D eigenvalue weighted by molar-refractivity contribution is 0.0396. The Morgan fingerprint density at radius 3 is 2.58 bits per heavy atom. The van der Waals surface area contributed by atoms with Gasteiger partial charge in [-0.15, -0.1) is 0 Å². The van der Waals surface area contributed by atoms with E-state index in [2.05, 4.69) is 26.9 Å². The van der Waals surface area contributed by atoms with Gasteiger partial charge in [0.15, 0.2) is 0 Å². The van der Waals surface area contributed by atoms with E-state index in [1.165, 1.54) is 5.56 Å². The SMILES string of the molecule is Nc1cccc2c1C[C@@H](O)[C@H](N1CCN(c3ccccn3)CC1)C2. The monoisotopic (exact) mass is 324 g/mol. The largest absolute Gasteiger partial charge is 0.398 e. The van der Waals surface area contributed by atoms with Gasteiger partial charge in [-0.3, -0.25) is 4.90 Å². The van der Waals surface area contributed by atoms with E-state index in [9.17, 15) is 5.11 Å². The predicted octanol–water partition coefficient (Wildman–Crippen LogP) is 1.31. The summed E-state index contributed by atoms with van der Waals surface area (Å²) in [4.78, 5) is 9.18. The summed E-state index contributed by atoms with van der Waals surface area (Å²) in [5.41, 5.74) is 9.30. The van der Waals surface area contributed by atoms with Crippen LogP contribution in [0.25, 0.3) is 0 Å². The first-order valence-electron chi connectivity index (χ1n) is 8.67. The molecule has 3 N–H and O–H groups in total. The lowest BCUT2D eigenvalue weighted by atomic mass is 9.84. The van der Waals surface area contributed by atoms with E-state index in [-0.39, 0.29) is 12.1 Å². The first-order chi connectivity index (χ1) is 11.7. The van der Waals surface area contributed by atoms with Crippen LogP contribution in [-0.4, -0.2) is 53.3 Å². The number of anilines is 2. The topological polar surface area (TPSA) is 65.6 Å². The summed E-state index contributed by atoms with van der Waals surface area (Å²) in [5.74, 6) is 1.04. The Hall–Kier alpha value is -2.11. The Bertz CT molecular complexity index is 698. The van der Waals surface area contributed by atoms with Crippen LogP contribution in [-0.2, 0) is 12.8 Å². The maximum Gasteiger partial charge on any atom is 0.128 e. The number of fused-ring (bicyclic) bond motifs is 1. The second kappa shape index (κ2) is 6.42. The van der Waals surface area contributed by atoms with Crippen molar-refractivity contribution in [2.75, 3.05) is 36.8 Å². The van der Waals surface area contributed by atoms with E-state index in [4.69, 9.17) is 5.73 Å². The van der Waals surface area contributed by atoms with Crippen molar-refractivity contribution in [1.82, 2.24) is 9.88 Å². The Balaban J connectivity index is 1.44. The fourth-order valence-corrected chi connectivity index (χ4v) is 4.00. The molecule has 5 heteroatoms. The highest BCUT2D eigenvalue weighted by atomic mass is 16.3. The second-order valence-corrected chi connectivity index (χ2v) is 6.74. The Morgan fingerprint density at radius 2 is 1.83 bits per heavy atom. The van der Waals surface area contributed by atoms with Crippen molar-refractivity contribution in [2.45, 2.75) is 25.0 Å². The first kappa shape index (κ1) is 15.4. The molecule has 2 aromatic rings. The van der Waals surface area contributed by atoms with Crippen molar-refractivity contribution in [2.24, 2.45) is 0 Å². The predicted molar refractivity (Wildman–Crippen MR) is 96.1 cm³/mol. The minimum Gasteiger partial charge on any atom is -0.398 e. The van der Waals surface area contributed by atoms with Crippen LogP contribution in [0.4, 0.5) is 11.5 Å². The molecular weight excluding hydrogens is 300 g/mol. The molecule has 0 unspecified atom stereocenters. The molecule has 0 spiro atoms.